The monoisotopic (exact) mass is 299 g/mol. The predicted molar refractivity (Wildman–Crippen MR) is 71.2 cm³/mol. The number of halogens is 1. The van der Waals surface area contributed by atoms with Gasteiger partial charge in [-0.25, -0.2) is 0 Å². The minimum absolute atomic E-state index is 0.536. The summed E-state index contributed by atoms with van der Waals surface area (Å²) in [7, 11) is 1.67. The van der Waals surface area contributed by atoms with Gasteiger partial charge in [0.15, 0.2) is 0 Å². The number of rotatable bonds is 3. The summed E-state index contributed by atoms with van der Waals surface area (Å²) in [5.41, 5.74) is 0.660. The molecule has 1 fully saturated rings. The maximum Gasteiger partial charge on any atom is 0.119 e. The van der Waals surface area contributed by atoms with E-state index in [1.807, 2.05) is 25.1 Å². The highest BCUT2D eigenvalue weighted by Gasteiger charge is 2.31. The molecule has 1 atom stereocenters. The molecular weight excluding hydrogens is 282 g/mol. The summed E-state index contributed by atoms with van der Waals surface area (Å²) in [4.78, 5) is 2.26. The number of methoxy groups -OCH3 is 1. The first-order valence-corrected chi connectivity index (χ1v) is 6.57. The zero-order valence-electron chi connectivity index (χ0n) is 10.2. The lowest BCUT2D eigenvalue weighted by Gasteiger charge is -2.19. The van der Waals surface area contributed by atoms with Gasteiger partial charge in [-0.1, -0.05) is 15.9 Å². The molecule has 4 heteroatoms. The normalized spacial score (nSPS) is 25.2. The van der Waals surface area contributed by atoms with E-state index in [9.17, 15) is 5.11 Å². The van der Waals surface area contributed by atoms with Gasteiger partial charge in [-0.15, -0.1) is 0 Å². The largest absolute Gasteiger partial charge is 0.497 e. The van der Waals surface area contributed by atoms with Crippen LogP contribution in [0, 0.1) is 0 Å². The summed E-state index contributed by atoms with van der Waals surface area (Å²) in [5.74, 6) is 0.870. The Morgan fingerprint density at radius 1 is 1.53 bits per heavy atom. The second-order valence-corrected chi connectivity index (χ2v) is 5.77. The average Bonchev–Trinajstić information content (AvgIpc) is 2.61. The first-order chi connectivity index (χ1) is 8.00. The SMILES string of the molecule is COc1ccc(Br)c(CN2CCC(C)(O)C2)c1. The third-order valence-corrected chi connectivity index (χ3v) is 3.95. The molecule has 3 nitrogen and oxygen atoms in total. The van der Waals surface area contributed by atoms with E-state index < -0.39 is 5.60 Å². The van der Waals surface area contributed by atoms with E-state index in [-0.39, 0.29) is 0 Å². The second-order valence-electron chi connectivity index (χ2n) is 4.91. The molecule has 0 spiro atoms. The van der Waals surface area contributed by atoms with E-state index in [1.165, 1.54) is 5.56 Å². The zero-order chi connectivity index (χ0) is 12.5. The van der Waals surface area contributed by atoms with Crippen LogP contribution in [-0.2, 0) is 6.54 Å². The molecule has 1 aromatic carbocycles. The fraction of sp³-hybridized carbons (Fsp3) is 0.538. The van der Waals surface area contributed by atoms with Crippen LogP contribution in [0.5, 0.6) is 5.75 Å². The Morgan fingerprint density at radius 2 is 2.29 bits per heavy atom. The van der Waals surface area contributed by atoms with E-state index in [0.717, 1.165) is 36.3 Å². The summed E-state index contributed by atoms with van der Waals surface area (Å²) in [5, 5.41) is 9.93. The highest BCUT2D eigenvalue weighted by molar-refractivity contribution is 9.10. The highest BCUT2D eigenvalue weighted by atomic mass is 79.9. The number of ether oxygens (including phenoxy) is 1. The zero-order valence-corrected chi connectivity index (χ0v) is 11.8. The molecule has 1 unspecified atom stereocenters. The molecule has 2 rings (SSSR count). The summed E-state index contributed by atoms with van der Waals surface area (Å²) >= 11 is 3.55. The molecule has 0 saturated carbocycles. The van der Waals surface area contributed by atoms with Gasteiger partial charge in [-0.05, 0) is 37.1 Å². The Bertz CT molecular complexity index is 406. The van der Waals surface area contributed by atoms with Crippen molar-refractivity contribution in [2.45, 2.75) is 25.5 Å². The van der Waals surface area contributed by atoms with Gasteiger partial charge >= 0.3 is 0 Å². The van der Waals surface area contributed by atoms with Crippen LogP contribution in [0.4, 0.5) is 0 Å². The van der Waals surface area contributed by atoms with Crippen LogP contribution >= 0.6 is 15.9 Å². The Labute approximate surface area is 111 Å². The van der Waals surface area contributed by atoms with Crippen LogP contribution in [-0.4, -0.2) is 35.8 Å². The lowest BCUT2D eigenvalue weighted by molar-refractivity contribution is 0.0679. The number of β-amino-alcohol motifs (C(OH)–C–C–N with tert-alkyl or cyclic N) is 1. The second kappa shape index (κ2) is 4.96. The lowest BCUT2D eigenvalue weighted by Crippen LogP contribution is -2.29. The smallest absolute Gasteiger partial charge is 0.119 e. The standard InChI is InChI=1S/C13H18BrNO2/c1-13(16)5-6-15(9-13)8-10-7-11(17-2)3-4-12(10)14/h3-4,7,16H,5-6,8-9H2,1-2H3. The van der Waals surface area contributed by atoms with E-state index in [0.29, 0.717) is 0 Å². The van der Waals surface area contributed by atoms with Gasteiger partial charge < -0.3 is 9.84 Å². The number of likely N-dealkylation sites (tertiary alicyclic amines) is 1. The molecule has 0 amide bonds. The van der Waals surface area contributed by atoms with Crippen LogP contribution < -0.4 is 4.74 Å². The van der Waals surface area contributed by atoms with Crippen molar-refractivity contribution in [1.29, 1.82) is 0 Å². The molecule has 0 aliphatic carbocycles. The molecule has 1 aliphatic heterocycles. The van der Waals surface area contributed by atoms with E-state index in [1.54, 1.807) is 7.11 Å². The number of aliphatic hydroxyl groups is 1. The Morgan fingerprint density at radius 3 is 2.88 bits per heavy atom. The highest BCUT2D eigenvalue weighted by Crippen LogP contribution is 2.27. The third-order valence-electron chi connectivity index (χ3n) is 3.18. The molecular formula is C13H18BrNO2. The van der Waals surface area contributed by atoms with Gasteiger partial charge in [0.2, 0.25) is 0 Å². The van der Waals surface area contributed by atoms with E-state index >= 15 is 0 Å². The van der Waals surface area contributed by atoms with Crippen molar-refractivity contribution in [3.63, 3.8) is 0 Å². The van der Waals surface area contributed by atoms with Gasteiger partial charge in [-0.2, -0.15) is 0 Å². The lowest BCUT2D eigenvalue weighted by atomic mass is 10.1. The molecule has 1 saturated heterocycles. The fourth-order valence-electron chi connectivity index (χ4n) is 2.21. The van der Waals surface area contributed by atoms with Gasteiger partial charge in [-0.3, -0.25) is 4.90 Å². The van der Waals surface area contributed by atoms with Gasteiger partial charge in [0.25, 0.3) is 0 Å². The van der Waals surface area contributed by atoms with Crippen LogP contribution in [0.25, 0.3) is 0 Å². The molecule has 17 heavy (non-hydrogen) atoms. The number of benzene rings is 1. The molecule has 0 bridgehead atoms. The minimum atomic E-state index is -0.536. The average molecular weight is 300 g/mol. The van der Waals surface area contributed by atoms with Crippen LogP contribution in [0.2, 0.25) is 0 Å². The Kier molecular flexibility index (Phi) is 3.76. The molecule has 1 aliphatic rings. The quantitative estimate of drug-likeness (QED) is 0.930. The maximum absolute atomic E-state index is 9.93. The molecule has 0 radical (unpaired) electrons. The maximum atomic E-state index is 9.93. The first kappa shape index (κ1) is 12.9. The van der Waals surface area contributed by atoms with Gasteiger partial charge in [0.1, 0.15) is 5.75 Å². The molecule has 94 valence electrons. The summed E-state index contributed by atoms with van der Waals surface area (Å²) in [6.45, 7) is 4.41. The van der Waals surface area contributed by atoms with Gasteiger partial charge in [0.05, 0.1) is 12.7 Å². The van der Waals surface area contributed by atoms with Crippen LogP contribution in [0.3, 0.4) is 0 Å². The summed E-state index contributed by atoms with van der Waals surface area (Å²) < 4.78 is 6.31. The van der Waals surface area contributed by atoms with Crippen molar-refractivity contribution in [3.8, 4) is 5.75 Å². The van der Waals surface area contributed by atoms with Crippen molar-refractivity contribution in [3.05, 3.63) is 28.2 Å². The van der Waals surface area contributed by atoms with E-state index in [2.05, 4.69) is 20.8 Å². The summed E-state index contributed by atoms with van der Waals surface area (Å²) in [6.07, 6.45) is 0.842. The summed E-state index contributed by atoms with van der Waals surface area (Å²) in [6, 6.07) is 5.98. The van der Waals surface area contributed by atoms with E-state index in [4.69, 9.17) is 4.74 Å². The number of hydrogen-bond acceptors (Lipinski definition) is 3. The van der Waals surface area contributed by atoms with Gasteiger partial charge in [0, 0.05) is 24.1 Å². The molecule has 1 heterocycles. The minimum Gasteiger partial charge on any atom is -0.497 e. The third kappa shape index (κ3) is 3.21. The predicted octanol–water partition coefficient (Wildman–Crippen LogP) is 2.41. The number of nitrogens with zero attached hydrogens (tertiary/aromatic N) is 1. The topological polar surface area (TPSA) is 32.7 Å². The Hall–Kier alpha value is -0.580. The Balaban J connectivity index is 2.08. The van der Waals surface area contributed by atoms with Crippen molar-refractivity contribution >= 4 is 15.9 Å². The molecule has 1 aromatic rings. The fourth-order valence-corrected chi connectivity index (χ4v) is 2.59. The molecule has 0 aromatic heterocycles. The van der Waals surface area contributed by atoms with Crippen molar-refractivity contribution in [1.82, 2.24) is 4.90 Å². The van der Waals surface area contributed by atoms with Crippen molar-refractivity contribution in [2.75, 3.05) is 20.2 Å². The van der Waals surface area contributed by atoms with Crippen LogP contribution in [0.1, 0.15) is 18.9 Å². The van der Waals surface area contributed by atoms with Crippen LogP contribution in [0.15, 0.2) is 22.7 Å². The van der Waals surface area contributed by atoms with Crippen molar-refractivity contribution in [2.24, 2.45) is 0 Å². The van der Waals surface area contributed by atoms with Crippen molar-refractivity contribution < 1.29 is 9.84 Å². The number of hydrogen-bond donors (Lipinski definition) is 1. The molecule has 1 N–H and O–H groups in total. The first-order valence-electron chi connectivity index (χ1n) is 5.77.